The molecule has 0 amide bonds. The molecule has 1 atom stereocenters. The van der Waals surface area contributed by atoms with Gasteiger partial charge in [0.05, 0.1) is 16.5 Å². The van der Waals surface area contributed by atoms with Crippen LogP contribution < -0.4 is 10.2 Å². The van der Waals surface area contributed by atoms with Crippen molar-refractivity contribution in [2.45, 2.75) is 116 Å². The molecule has 1 aliphatic rings. The predicted molar refractivity (Wildman–Crippen MR) is 151 cm³/mol. The summed E-state index contributed by atoms with van der Waals surface area (Å²) in [5.41, 5.74) is 2.26. The summed E-state index contributed by atoms with van der Waals surface area (Å²) in [7, 11) is 0. The van der Waals surface area contributed by atoms with Gasteiger partial charge in [-0.2, -0.15) is 0 Å². The zero-order valence-corrected chi connectivity index (χ0v) is 22.2. The monoisotopic (exact) mass is 488 g/mol. The fraction of sp³-hybridized carbons (Fsp3) is 0.545. The van der Waals surface area contributed by atoms with Crippen LogP contribution >= 0.6 is 0 Å². The Kier molecular flexibility index (Phi) is 10.5. The van der Waals surface area contributed by atoms with Gasteiger partial charge in [0.15, 0.2) is 5.43 Å². The minimum atomic E-state index is -0.238. The number of ether oxygens (including phenoxy) is 1. The van der Waals surface area contributed by atoms with Crippen molar-refractivity contribution in [3.8, 4) is 17.1 Å². The highest BCUT2D eigenvalue weighted by Crippen LogP contribution is 2.43. The number of hydrogen-bond donors (Lipinski definition) is 0. The van der Waals surface area contributed by atoms with Crippen LogP contribution in [-0.4, -0.2) is 0 Å². The van der Waals surface area contributed by atoms with Crippen molar-refractivity contribution in [2.24, 2.45) is 0 Å². The molecule has 0 aliphatic carbocycles. The lowest BCUT2D eigenvalue weighted by molar-refractivity contribution is 0.182. The molecule has 2 heterocycles. The van der Waals surface area contributed by atoms with Crippen LogP contribution in [0.15, 0.2) is 57.7 Å². The van der Waals surface area contributed by atoms with Gasteiger partial charge in [0, 0.05) is 0 Å². The lowest BCUT2D eigenvalue weighted by atomic mass is 9.93. The zero-order valence-electron chi connectivity index (χ0n) is 22.2. The molecule has 2 aromatic carbocycles. The second kappa shape index (κ2) is 14.3. The first-order chi connectivity index (χ1) is 17.8. The van der Waals surface area contributed by atoms with Gasteiger partial charge in [0.25, 0.3) is 0 Å². The van der Waals surface area contributed by atoms with E-state index in [1.807, 2.05) is 48.5 Å². The van der Waals surface area contributed by atoms with Crippen molar-refractivity contribution in [1.82, 2.24) is 0 Å². The number of benzene rings is 2. The van der Waals surface area contributed by atoms with Gasteiger partial charge in [-0.3, -0.25) is 4.79 Å². The molecule has 0 fully saturated rings. The van der Waals surface area contributed by atoms with Crippen LogP contribution in [-0.2, 0) is 0 Å². The number of unbranched alkanes of at least 4 members (excludes halogenated alkanes) is 14. The van der Waals surface area contributed by atoms with Gasteiger partial charge in [-0.05, 0) is 37.1 Å². The van der Waals surface area contributed by atoms with Gasteiger partial charge >= 0.3 is 0 Å². The van der Waals surface area contributed by atoms with Crippen LogP contribution in [0.25, 0.3) is 22.3 Å². The highest BCUT2D eigenvalue weighted by molar-refractivity contribution is 5.82. The fourth-order valence-corrected chi connectivity index (χ4v) is 5.52. The van der Waals surface area contributed by atoms with Gasteiger partial charge in [-0.15, -0.1) is 0 Å². The van der Waals surface area contributed by atoms with Crippen molar-refractivity contribution in [2.75, 3.05) is 0 Å². The number of hydrogen-bond acceptors (Lipinski definition) is 3. The molecule has 0 spiro atoms. The Morgan fingerprint density at radius 1 is 0.667 bits per heavy atom. The smallest absolute Gasteiger partial charge is 0.200 e. The van der Waals surface area contributed by atoms with Crippen LogP contribution in [0.1, 0.15) is 121 Å². The third-order valence-electron chi connectivity index (χ3n) is 7.63. The number of para-hydroxylation sites is 2. The first-order valence-electron chi connectivity index (χ1n) is 14.6. The van der Waals surface area contributed by atoms with Crippen LogP contribution in [0.3, 0.4) is 0 Å². The molecule has 1 unspecified atom stereocenters. The Bertz CT molecular complexity index is 1130. The maximum Gasteiger partial charge on any atom is 0.200 e. The molecule has 0 radical (unpaired) electrons. The Labute approximate surface area is 217 Å². The van der Waals surface area contributed by atoms with Crippen LogP contribution in [0, 0.1) is 0 Å². The minimum absolute atomic E-state index is 0.0484. The topological polar surface area (TPSA) is 39.4 Å². The second-order valence-electron chi connectivity index (χ2n) is 10.5. The first-order valence-corrected chi connectivity index (χ1v) is 14.6. The molecule has 1 aromatic heterocycles. The molecule has 0 bridgehead atoms. The number of rotatable bonds is 16. The first kappa shape index (κ1) is 26.5. The van der Waals surface area contributed by atoms with E-state index in [1.165, 1.54) is 89.9 Å². The maximum absolute atomic E-state index is 13.4. The molecular formula is C33H44O3. The fourth-order valence-electron chi connectivity index (χ4n) is 5.52. The summed E-state index contributed by atoms with van der Waals surface area (Å²) < 4.78 is 12.6. The van der Waals surface area contributed by atoms with E-state index in [1.54, 1.807) is 0 Å². The van der Waals surface area contributed by atoms with Crippen molar-refractivity contribution >= 4 is 11.0 Å². The van der Waals surface area contributed by atoms with E-state index in [2.05, 4.69) is 6.92 Å². The molecule has 0 saturated heterocycles. The summed E-state index contributed by atoms with van der Waals surface area (Å²) >= 11 is 0. The van der Waals surface area contributed by atoms with Crippen LogP contribution in [0.5, 0.6) is 5.75 Å². The molecule has 3 nitrogen and oxygen atoms in total. The summed E-state index contributed by atoms with van der Waals surface area (Å²) in [5, 5.41) is 0.640. The van der Waals surface area contributed by atoms with Gasteiger partial charge < -0.3 is 9.15 Å². The lowest BCUT2D eigenvalue weighted by Gasteiger charge is -2.27. The second-order valence-corrected chi connectivity index (χ2v) is 10.5. The number of fused-ring (bicyclic) bond motifs is 4. The average molecular weight is 489 g/mol. The highest BCUT2D eigenvalue weighted by atomic mass is 16.5. The van der Waals surface area contributed by atoms with Crippen molar-refractivity contribution < 1.29 is 9.15 Å². The largest absolute Gasteiger partial charge is 0.485 e. The van der Waals surface area contributed by atoms with Crippen LogP contribution in [0.4, 0.5) is 0 Å². The van der Waals surface area contributed by atoms with Crippen LogP contribution in [0.2, 0.25) is 0 Å². The molecule has 4 rings (SSSR count). The summed E-state index contributed by atoms with van der Waals surface area (Å²) in [6.07, 6.45) is 20.8. The molecule has 3 aromatic rings. The lowest BCUT2D eigenvalue weighted by Crippen LogP contribution is -2.23. The Morgan fingerprint density at radius 2 is 1.22 bits per heavy atom. The third kappa shape index (κ3) is 7.02. The maximum atomic E-state index is 13.4. The van der Waals surface area contributed by atoms with E-state index >= 15 is 0 Å². The normalized spacial score (nSPS) is 14.4. The van der Waals surface area contributed by atoms with Gasteiger partial charge in [0.1, 0.15) is 23.2 Å². The van der Waals surface area contributed by atoms with Crippen molar-refractivity contribution in [3.05, 3.63) is 64.3 Å². The Hall–Kier alpha value is -2.55. The molecule has 0 N–H and O–H groups in total. The molecular weight excluding hydrogens is 444 g/mol. The summed E-state index contributed by atoms with van der Waals surface area (Å²) in [6.45, 7) is 2.28. The van der Waals surface area contributed by atoms with E-state index in [4.69, 9.17) is 9.15 Å². The molecule has 194 valence electrons. The van der Waals surface area contributed by atoms with E-state index in [0.29, 0.717) is 22.3 Å². The van der Waals surface area contributed by atoms with Crippen molar-refractivity contribution in [3.63, 3.8) is 0 Å². The summed E-state index contributed by atoms with van der Waals surface area (Å²) in [4.78, 5) is 13.4. The van der Waals surface area contributed by atoms with Gasteiger partial charge in [-0.1, -0.05) is 121 Å². The molecule has 3 heteroatoms. The van der Waals surface area contributed by atoms with E-state index < -0.39 is 0 Å². The van der Waals surface area contributed by atoms with Gasteiger partial charge in [-0.25, -0.2) is 0 Å². The average Bonchev–Trinajstić information content (AvgIpc) is 2.91. The summed E-state index contributed by atoms with van der Waals surface area (Å²) in [5.74, 6) is 1.50. The minimum Gasteiger partial charge on any atom is -0.485 e. The molecule has 1 aliphatic heterocycles. The Morgan fingerprint density at radius 3 is 1.89 bits per heavy atom. The van der Waals surface area contributed by atoms with Gasteiger partial charge in [0.2, 0.25) is 0 Å². The highest BCUT2D eigenvalue weighted by Gasteiger charge is 2.31. The molecule has 36 heavy (non-hydrogen) atoms. The third-order valence-corrected chi connectivity index (χ3v) is 7.63. The zero-order chi connectivity index (χ0) is 25.0. The van der Waals surface area contributed by atoms with E-state index in [9.17, 15) is 4.79 Å². The predicted octanol–water partition coefficient (Wildman–Crippen LogP) is 10.2. The molecule has 0 saturated carbocycles. The SMILES string of the molecule is CCCCCCCCCCCCCCCCCC1Oc2ccccc2-c2oc3ccccc3c(=O)c21. The van der Waals surface area contributed by atoms with E-state index in [0.717, 1.165) is 24.2 Å². The quantitative estimate of drug-likeness (QED) is 0.188. The summed E-state index contributed by atoms with van der Waals surface area (Å²) in [6, 6.07) is 15.4. The standard InChI is InChI=1S/C33H44O3/c1-2-3-4-5-6-7-8-9-10-11-12-13-14-15-16-25-30-31-32(34)26-21-17-19-23-28(26)36-33(31)27-22-18-20-24-29(27)35-30/h17-24,30H,2-16,25H2,1H3. The Balaban J connectivity index is 1.19. The van der Waals surface area contributed by atoms with E-state index in [-0.39, 0.29) is 11.5 Å². The van der Waals surface area contributed by atoms with Crippen molar-refractivity contribution in [1.29, 1.82) is 0 Å².